The van der Waals surface area contributed by atoms with Crippen molar-refractivity contribution < 1.29 is 13.5 Å². The average molecular weight is 249 g/mol. The molecular formula is C11H9N2O3S-. The second kappa shape index (κ2) is 5.51. The maximum absolute atomic E-state index is 10.5. The molecule has 1 aromatic heterocycles. The van der Waals surface area contributed by atoms with Crippen LogP contribution in [0.2, 0.25) is 0 Å². The molecule has 0 fully saturated rings. The summed E-state index contributed by atoms with van der Waals surface area (Å²) in [6, 6.07) is 12.4. The van der Waals surface area contributed by atoms with Gasteiger partial charge in [0.25, 0.3) is 0 Å². The number of hydrogen-bond donors (Lipinski definition) is 0. The van der Waals surface area contributed by atoms with Gasteiger partial charge in [-0.1, -0.05) is 30.3 Å². The van der Waals surface area contributed by atoms with Gasteiger partial charge >= 0.3 is 0 Å². The largest absolute Gasteiger partial charge is 0.767 e. The maximum Gasteiger partial charge on any atom is 0.233 e. The number of rotatable bonds is 4. The first-order valence-corrected chi connectivity index (χ1v) is 5.93. The van der Waals surface area contributed by atoms with Crippen LogP contribution in [0.5, 0.6) is 5.88 Å². The molecule has 0 saturated carbocycles. The minimum Gasteiger partial charge on any atom is -0.767 e. The van der Waals surface area contributed by atoms with Gasteiger partial charge in [0.1, 0.15) is 11.6 Å². The van der Waals surface area contributed by atoms with Crippen LogP contribution in [0, 0.1) is 0 Å². The molecule has 0 bridgehead atoms. The Morgan fingerprint density at radius 2 is 1.88 bits per heavy atom. The summed E-state index contributed by atoms with van der Waals surface area (Å²) < 4.78 is 26.4. The lowest BCUT2D eigenvalue weighted by molar-refractivity contribution is 0.289. The minimum atomic E-state index is -2.36. The van der Waals surface area contributed by atoms with Crippen molar-refractivity contribution in [2.24, 2.45) is 0 Å². The molecule has 6 heteroatoms. The van der Waals surface area contributed by atoms with Gasteiger partial charge in [0.2, 0.25) is 5.88 Å². The molecule has 2 aromatic rings. The molecule has 1 aromatic carbocycles. The minimum absolute atomic E-state index is 0.0999. The Bertz CT molecular complexity index is 502. The van der Waals surface area contributed by atoms with Crippen LogP contribution < -0.4 is 4.74 Å². The van der Waals surface area contributed by atoms with Gasteiger partial charge in [-0.3, -0.25) is 4.21 Å². The molecule has 1 heterocycles. The standard InChI is InChI=1S/C11H10N2O3S/c14-17(15)11-7-6-10(12-13-11)16-8-9-4-2-1-3-5-9/h1-7H,8H2,(H,14,15)/p-1. The van der Waals surface area contributed by atoms with E-state index in [-0.39, 0.29) is 5.03 Å². The number of hydrogen-bond acceptors (Lipinski definition) is 5. The fourth-order valence-corrected chi connectivity index (χ4v) is 1.49. The monoisotopic (exact) mass is 249 g/mol. The molecule has 1 unspecified atom stereocenters. The number of ether oxygens (including phenoxy) is 1. The fraction of sp³-hybridized carbons (Fsp3) is 0.0909. The maximum atomic E-state index is 10.5. The van der Waals surface area contributed by atoms with Gasteiger partial charge in [0.15, 0.2) is 0 Å². The summed E-state index contributed by atoms with van der Waals surface area (Å²) in [6.45, 7) is 0.370. The molecule has 0 saturated heterocycles. The molecule has 0 spiro atoms. The van der Waals surface area contributed by atoms with E-state index in [1.165, 1.54) is 12.1 Å². The van der Waals surface area contributed by atoms with Crippen molar-refractivity contribution in [2.45, 2.75) is 11.6 Å². The highest BCUT2D eigenvalue weighted by Gasteiger charge is 1.99. The van der Waals surface area contributed by atoms with Gasteiger partial charge in [-0.15, -0.1) is 10.2 Å². The quantitative estimate of drug-likeness (QED) is 0.763. The zero-order valence-corrected chi connectivity index (χ0v) is 9.59. The number of benzene rings is 1. The van der Waals surface area contributed by atoms with E-state index in [9.17, 15) is 8.76 Å². The van der Waals surface area contributed by atoms with Crippen molar-refractivity contribution in [2.75, 3.05) is 0 Å². The molecule has 17 heavy (non-hydrogen) atoms. The van der Waals surface area contributed by atoms with Crippen LogP contribution in [0.3, 0.4) is 0 Å². The van der Waals surface area contributed by atoms with E-state index in [0.29, 0.717) is 12.5 Å². The molecule has 0 amide bonds. The molecule has 1 atom stereocenters. The smallest absolute Gasteiger partial charge is 0.233 e. The third kappa shape index (κ3) is 3.33. The van der Waals surface area contributed by atoms with E-state index < -0.39 is 11.1 Å². The first kappa shape index (κ1) is 11.7. The van der Waals surface area contributed by atoms with Crippen LogP contribution in [-0.2, 0) is 17.7 Å². The van der Waals surface area contributed by atoms with E-state index in [4.69, 9.17) is 4.74 Å². The Labute approximate surface area is 101 Å². The first-order chi connectivity index (χ1) is 8.25. The van der Waals surface area contributed by atoms with Crippen LogP contribution in [0.15, 0.2) is 47.5 Å². The predicted molar refractivity (Wildman–Crippen MR) is 60.0 cm³/mol. The number of aromatic nitrogens is 2. The molecular weight excluding hydrogens is 240 g/mol. The Kier molecular flexibility index (Phi) is 3.79. The zero-order valence-electron chi connectivity index (χ0n) is 8.78. The van der Waals surface area contributed by atoms with Crippen molar-refractivity contribution in [3.8, 4) is 5.88 Å². The van der Waals surface area contributed by atoms with Crippen LogP contribution in [-0.4, -0.2) is 19.0 Å². The zero-order chi connectivity index (χ0) is 12.1. The second-order valence-electron chi connectivity index (χ2n) is 3.22. The summed E-state index contributed by atoms with van der Waals surface area (Å²) in [5.41, 5.74) is 1.01. The normalized spacial score (nSPS) is 12.1. The highest BCUT2D eigenvalue weighted by atomic mass is 32.2. The van der Waals surface area contributed by atoms with E-state index in [1.54, 1.807) is 0 Å². The Hall–Kier alpha value is -1.79. The molecule has 0 radical (unpaired) electrons. The van der Waals surface area contributed by atoms with Crippen LogP contribution in [0.4, 0.5) is 0 Å². The Morgan fingerprint density at radius 1 is 1.12 bits per heavy atom. The lowest BCUT2D eigenvalue weighted by atomic mass is 10.2. The van der Waals surface area contributed by atoms with Gasteiger partial charge in [0.05, 0.1) is 0 Å². The van der Waals surface area contributed by atoms with Gasteiger partial charge in [-0.25, -0.2) is 0 Å². The van der Waals surface area contributed by atoms with Crippen molar-refractivity contribution in [3.05, 3.63) is 48.0 Å². The predicted octanol–water partition coefficient (Wildman–Crippen LogP) is 1.29. The van der Waals surface area contributed by atoms with Crippen LogP contribution in [0.25, 0.3) is 0 Å². The Balaban J connectivity index is 1.98. The van der Waals surface area contributed by atoms with Crippen molar-refractivity contribution in [3.63, 3.8) is 0 Å². The molecule has 2 rings (SSSR count). The summed E-state index contributed by atoms with van der Waals surface area (Å²) in [6.07, 6.45) is 0. The summed E-state index contributed by atoms with van der Waals surface area (Å²) >= 11 is -2.36. The summed E-state index contributed by atoms with van der Waals surface area (Å²) in [5.74, 6) is 0.294. The Morgan fingerprint density at radius 3 is 2.47 bits per heavy atom. The molecule has 88 valence electrons. The van der Waals surface area contributed by atoms with Gasteiger partial charge in [0, 0.05) is 6.07 Å². The first-order valence-electron chi connectivity index (χ1n) is 4.85. The fourth-order valence-electron chi connectivity index (χ4n) is 1.21. The summed E-state index contributed by atoms with van der Waals surface area (Å²) in [4.78, 5) is 0. The van der Waals surface area contributed by atoms with Crippen molar-refractivity contribution in [1.29, 1.82) is 0 Å². The van der Waals surface area contributed by atoms with E-state index in [2.05, 4.69) is 10.2 Å². The third-order valence-electron chi connectivity index (χ3n) is 2.02. The summed E-state index contributed by atoms with van der Waals surface area (Å²) in [7, 11) is 0. The van der Waals surface area contributed by atoms with Crippen LogP contribution in [0.1, 0.15) is 5.56 Å². The van der Waals surface area contributed by atoms with Gasteiger partial charge < -0.3 is 9.29 Å². The molecule has 0 aliphatic rings. The molecule has 0 aliphatic carbocycles. The molecule has 0 aliphatic heterocycles. The van der Waals surface area contributed by atoms with Crippen molar-refractivity contribution >= 4 is 11.1 Å². The van der Waals surface area contributed by atoms with Crippen molar-refractivity contribution in [1.82, 2.24) is 10.2 Å². The summed E-state index contributed by atoms with van der Waals surface area (Å²) in [5, 5.41) is 7.05. The van der Waals surface area contributed by atoms with E-state index in [1.807, 2.05) is 30.3 Å². The molecule has 0 N–H and O–H groups in total. The third-order valence-corrected chi connectivity index (χ3v) is 2.58. The van der Waals surface area contributed by atoms with Crippen LogP contribution >= 0.6 is 0 Å². The number of nitrogens with zero attached hydrogens (tertiary/aromatic N) is 2. The molecule has 5 nitrogen and oxygen atoms in total. The van der Waals surface area contributed by atoms with E-state index in [0.717, 1.165) is 5.56 Å². The van der Waals surface area contributed by atoms with Gasteiger partial charge in [-0.05, 0) is 22.7 Å². The van der Waals surface area contributed by atoms with Gasteiger partial charge in [-0.2, -0.15) is 0 Å². The SMILES string of the molecule is O=S([O-])c1ccc(OCc2ccccc2)nn1. The lowest BCUT2D eigenvalue weighted by Gasteiger charge is -2.06. The average Bonchev–Trinajstić information content (AvgIpc) is 2.38. The second-order valence-corrected chi connectivity index (χ2v) is 4.11. The highest BCUT2D eigenvalue weighted by molar-refractivity contribution is 7.79. The highest BCUT2D eigenvalue weighted by Crippen LogP contribution is 2.09. The lowest BCUT2D eigenvalue weighted by Crippen LogP contribution is -2.00. The topological polar surface area (TPSA) is 75.1 Å². The van der Waals surface area contributed by atoms with E-state index >= 15 is 0 Å².